The molecule has 19 heavy (non-hydrogen) atoms. The molecule has 1 unspecified atom stereocenters. The molecule has 106 valence electrons. The summed E-state index contributed by atoms with van der Waals surface area (Å²) in [5.41, 5.74) is 0.0743. The zero-order chi connectivity index (χ0) is 14.3. The van der Waals surface area contributed by atoms with Gasteiger partial charge in [-0.15, -0.1) is 0 Å². The maximum absolute atomic E-state index is 10.5. The fourth-order valence-corrected chi connectivity index (χ4v) is 1.40. The van der Waals surface area contributed by atoms with Crippen molar-refractivity contribution in [2.75, 3.05) is 33.8 Å². The summed E-state index contributed by atoms with van der Waals surface area (Å²) in [7, 11) is 4.08. The lowest BCUT2D eigenvalue weighted by atomic mass is 10.3. The zero-order valence-electron chi connectivity index (χ0n) is 11.6. The monoisotopic (exact) mass is 267 g/mol. The van der Waals surface area contributed by atoms with E-state index in [4.69, 9.17) is 4.74 Å². The van der Waals surface area contributed by atoms with Crippen molar-refractivity contribution >= 4 is 5.69 Å². The van der Waals surface area contributed by atoms with Gasteiger partial charge in [0.25, 0.3) is 5.69 Å². The molecule has 1 rings (SSSR count). The number of nitro groups is 1. The highest BCUT2D eigenvalue weighted by atomic mass is 16.6. The van der Waals surface area contributed by atoms with Crippen molar-refractivity contribution < 1.29 is 9.66 Å². The van der Waals surface area contributed by atoms with E-state index in [9.17, 15) is 10.1 Å². The maximum Gasteiger partial charge on any atom is 0.269 e. The van der Waals surface area contributed by atoms with E-state index in [1.807, 2.05) is 14.1 Å². The molecule has 0 bridgehead atoms. The van der Waals surface area contributed by atoms with Crippen LogP contribution >= 0.6 is 0 Å². The van der Waals surface area contributed by atoms with Gasteiger partial charge in [0.2, 0.25) is 0 Å². The third kappa shape index (κ3) is 5.67. The van der Waals surface area contributed by atoms with E-state index in [0.717, 1.165) is 13.1 Å². The lowest BCUT2D eigenvalue weighted by Gasteiger charge is -2.20. The van der Waals surface area contributed by atoms with Crippen LogP contribution in [0.3, 0.4) is 0 Å². The molecular weight excluding hydrogens is 246 g/mol. The number of nitro benzene ring substituents is 1. The van der Waals surface area contributed by atoms with Crippen LogP contribution in [0.2, 0.25) is 0 Å². The third-order valence-electron chi connectivity index (χ3n) is 2.92. The number of non-ortho nitro benzene ring substituents is 1. The van der Waals surface area contributed by atoms with Gasteiger partial charge in [0.1, 0.15) is 12.4 Å². The van der Waals surface area contributed by atoms with Crippen LogP contribution in [0.4, 0.5) is 5.69 Å². The van der Waals surface area contributed by atoms with Crippen molar-refractivity contribution in [3.63, 3.8) is 0 Å². The second-order valence-electron chi connectivity index (χ2n) is 4.62. The van der Waals surface area contributed by atoms with Crippen molar-refractivity contribution in [1.29, 1.82) is 0 Å². The quantitative estimate of drug-likeness (QED) is 0.439. The Labute approximate surface area is 113 Å². The highest BCUT2D eigenvalue weighted by Crippen LogP contribution is 2.16. The van der Waals surface area contributed by atoms with Gasteiger partial charge in [0.05, 0.1) is 4.92 Å². The minimum Gasteiger partial charge on any atom is -0.492 e. The number of hydrogen-bond donors (Lipinski definition) is 1. The normalized spacial score (nSPS) is 12.4. The molecule has 0 heterocycles. The first kappa shape index (κ1) is 15.4. The average Bonchev–Trinajstić information content (AvgIpc) is 2.38. The number of hydrogen-bond acceptors (Lipinski definition) is 5. The Kier molecular flexibility index (Phi) is 6.24. The summed E-state index contributed by atoms with van der Waals surface area (Å²) in [6, 6.07) is 6.58. The van der Waals surface area contributed by atoms with Gasteiger partial charge < -0.3 is 15.0 Å². The van der Waals surface area contributed by atoms with Crippen molar-refractivity contribution in [3.8, 4) is 5.75 Å². The molecule has 0 amide bonds. The summed E-state index contributed by atoms with van der Waals surface area (Å²) < 4.78 is 5.48. The fraction of sp³-hybridized carbons (Fsp3) is 0.538. The molecule has 0 aliphatic heterocycles. The summed E-state index contributed by atoms with van der Waals surface area (Å²) in [6.45, 7) is 4.33. The van der Waals surface area contributed by atoms with Gasteiger partial charge in [-0.2, -0.15) is 0 Å². The third-order valence-corrected chi connectivity index (χ3v) is 2.92. The van der Waals surface area contributed by atoms with Crippen molar-refractivity contribution in [2.24, 2.45) is 0 Å². The highest BCUT2D eigenvalue weighted by Gasteiger charge is 2.05. The largest absolute Gasteiger partial charge is 0.492 e. The van der Waals surface area contributed by atoms with Crippen molar-refractivity contribution in [3.05, 3.63) is 34.4 Å². The lowest BCUT2D eigenvalue weighted by molar-refractivity contribution is -0.384. The Morgan fingerprint density at radius 1 is 1.37 bits per heavy atom. The van der Waals surface area contributed by atoms with E-state index < -0.39 is 4.92 Å². The summed E-state index contributed by atoms with van der Waals surface area (Å²) in [4.78, 5) is 12.2. The van der Waals surface area contributed by atoms with E-state index in [1.54, 1.807) is 12.1 Å². The lowest BCUT2D eigenvalue weighted by Crippen LogP contribution is -2.36. The zero-order valence-corrected chi connectivity index (χ0v) is 11.6. The maximum atomic E-state index is 10.5. The fourth-order valence-electron chi connectivity index (χ4n) is 1.40. The minimum absolute atomic E-state index is 0.0743. The molecule has 0 saturated heterocycles. The van der Waals surface area contributed by atoms with Gasteiger partial charge in [-0.25, -0.2) is 0 Å². The Morgan fingerprint density at radius 3 is 2.53 bits per heavy atom. The molecule has 1 N–H and O–H groups in total. The van der Waals surface area contributed by atoms with Gasteiger partial charge >= 0.3 is 0 Å². The number of likely N-dealkylation sites (N-methyl/N-ethyl adjacent to an activating group) is 1. The number of ether oxygens (including phenoxy) is 1. The van der Waals surface area contributed by atoms with Gasteiger partial charge in [0, 0.05) is 31.3 Å². The van der Waals surface area contributed by atoms with Crippen LogP contribution in [0.15, 0.2) is 24.3 Å². The molecule has 1 aromatic carbocycles. The molecule has 6 heteroatoms. The smallest absolute Gasteiger partial charge is 0.269 e. The van der Waals surface area contributed by atoms with Crippen LogP contribution in [0.5, 0.6) is 5.75 Å². The molecule has 0 fully saturated rings. The molecule has 1 aromatic rings. The van der Waals surface area contributed by atoms with Gasteiger partial charge in [0.15, 0.2) is 0 Å². The topological polar surface area (TPSA) is 67.6 Å². The Balaban J connectivity index is 2.21. The van der Waals surface area contributed by atoms with Gasteiger partial charge in [-0.1, -0.05) is 0 Å². The predicted octanol–water partition coefficient (Wildman–Crippen LogP) is 1.51. The SMILES string of the molecule is CC(CNCCOc1ccc([N+](=O)[O-])cc1)N(C)C. The predicted molar refractivity (Wildman–Crippen MR) is 74.6 cm³/mol. The second kappa shape index (κ2) is 7.70. The summed E-state index contributed by atoms with van der Waals surface area (Å²) >= 11 is 0. The molecule has 6 nitrogen and oxygen atoms in total. The molecule has 0 aliphatic rings. The van der Waals surface area contributed by atoms with E-state index in [0.29, 0.717) is 18.4 Å². The molecule has 0 radical (unpaired) electrons. The molecule has 0 aromatic heterocycles. The number of benzene rings is 1. The summed E-state index contributed by atoms with van der Waals surface area (Å²) in [5.74, 6) is 0.646. The van der Waals surface area contributed by atoms with Crippen LogP contribution in [0, 0.1) is 10.1 Å². The molecule has 0 aliphatic carbocycles. The molecule has 1 atom stereocenters. The van der Waals surface area contributed by atoms with Crippen LogP contribution in [0.1, 0.15) is 6.92 Å². The van der Waals surface area contributed by atoms with Crippen LogP contribution in [-0.2, 0) is 0 Å². The minimum atomic E-state index is -0.423. The molecule has 0 spiro atoms. The summed E-state index contributed by atoms with van der Waals surface area (Å²) in [6.07, 6.45) is 0. The summed E-state index contributed by atoms with van der Waals surface area (Å²) in [5, 5.41) is 13.8. The first-order valence-corrected chi connectivity index (χ1v) is 6.25. The molecular formula is C13H21N3O3. The van der Waals surface area contributed by atoms with E-state index in [1.165, 1.54) is 12.1 Å². The average molecular weight is 267 g/mol. The molecule has 0 saturated carbocycles. The number of nitrogens with zero attached hydrogens (tertiary/aromatic N) is 2. The van der Waals surface area contributed by atoms with E-state index in [2.05, 4.69) is 17.1 Å². The number of rotatable bonds is 8. The second-order valence-corrected chi connectivity index (χ2v) is 4.62. The van der Waals surface area contributed by atoms with Crippen LogP contribution < -0.4 is 10.1 Å². The van der Waals surface area contributed by atoms with Crippen molar-refractivity contribution in [2.45, 2.75) is 13.0 Å². The highest BCUT2D eigenvalue weighted by molar-refractivity contribution is 5.35. The Bertz CT molecular complexity index is 393. The first-order chi connectivity index (χ1) is 9.00. The van der Waals surface area contributed by atoms with Crippen molar-refractivity contribution in [1.82, 2.24) is 10.2 Å². The van der Waals surface area contributed by atoms with E-state index >= 15 is 0 Å². The van der Waals surface area contributed by atoms with Crippen LogP contribution in [-0.4, -0.2) is 49.7 Å². The number of nitrogens with one attached hydrogen (secondary N) is 1. The standard InChI is InChI=1S/C13H21N3O3/c1-11(15(2)3)10-14-8-9-19-13-6-4-12(5-7-13)16(17)18/h4-7,11,14H,8-10H2,1-3H3. The van der Waals surface area contributed by atoms with E-state index in [-0.39, 0.29) is 5.69 Å². The van der Waals surface area contributed by atoms with Gasteiger partial charge in [-0.3, -0.25) is 10.1 Å². The Morgan fingerprint density at radius 2 is 2.00 bits per heavy atom. The first-order valence-electron chi connectivity index (χ1n) is 6.25. The Hall–Kier alpha value is -1.66. The van der Waals surface area contributed by atoms with Gasteiger partial charge in [-0.05, 0) is 33.2 Å². The van der Waals surface area contributed by atoms with Crippen LogP contribution in [0.25, 0.3) is 0 Å².